The lowest BCUT2D eigenvalue weighted by Crippen LogP contribution is -2.52. The van der Waals surface area contributed by atoms with Gasteiger partial charge in [0.1, 0.15) is 5.60 Å². The number of hydrogen-bond acceptors (Lipinski definition) is 5. The van der Waals surface area contributed by atoms with Gasteiger partial charge in [-0.15, -0.1) is 0 Å². The van der Waals surface area contributed by atoms with E-state index >= 15 is 0 Å². The highest BCUT2D eigenvalue weighted by atomic mass is 16.6. The third kappa shape index (κ3) is 3.65. The zero-order valence-electron chi connectivity index (χ0n) is 11.3. The van der Waals surface area contributed by atoms with E-state index in [1.165, 1.54) is 4.90 Å². The molecule has 1 unspecified atom stereocenters. The minimum absolute atomic E-state index is 0.0258. The molecular formula is C12H21N3O3. The third-order valence-corrected chi connectivity index (χ3v) is 2.55. The molecule has 0 aromatic heterocycles. The normalized spacial score (nSPS) is 23.1. The summed E-state index contributed by atoms with van der Waals surface area (Å²) >= 11 is 0. The summed E-state index contributed by atoms with van der Waals surface area (Å²) in [6.45, 7) is 8.07. The van der Waals surface area contributed by atoms with E-state index in [0.717, 1.165) is 6.21 Å². The summed E-state index contributed by atoms with van der Waals surface area (Å²) in [7, 11) is 0. The van der Waals surface area contributed by atoms with Gasteiger partial charge in [0.05, 0.1) is 18.5 Å². The second kappa shape index (κ2) is 5.29. The SMILES string of the molecule is CC1CN/C(=C(/O)C=N)CN1C(=O)OC(C)(C)C. The van der Waals surface area contributed by atoms with Gasteiger partial charge in [0.25, 0.3) is 0 Å². The standard InChI is InChI=1S/C12H21N3O3/c1-8-6-14-9(10(16)5-13)7-15(8)11(17)18-12(2,3)4/h5,8,13-14,16H,6-7H2,1-4H3/b10-9+,13-5?. The van der Waals surface area contributed by atoms with E-state index in [4.69, 9.17) is 10.1 Å². The van der Waals surface area contributed by atoms with Crippen LogP contribution in [0.3, 0.4) is 0 Å². The molecule has 1 saturated heterocycles. The molecule has 0 aromatic carbocycles. The monoisotopic (exact) mass is 255 g/mol. The van der Waals surface area contributed by atoms with E-state index in [2.05, 4.69) is 5.32 Å². The van der Waals surface area contributed by atoms with Gasteiger partial charge in [-0.2, -0.15) is 0 Å². The Bertz CT molecular complexity index is 371. The topological polar surface area (TPSA) is 85.7 Å². The molecule has 102 valence electrons. The van der Waals surface area contributed by atoms with Crippen molar-refractivity contribution in [3.63, 3.8) is 0 Å². The molecule has 1 aliphatic rings. The minimum atomic E-state index is -0.546. The third-order valence-electron chi connectivity index (χ3n) is 2.55. The first-order valence-corrected chi connectivity index (χ1v) is 5.90. The van der Waals surface area contributed by atoms with E-state index in [-0.39, 0.29) is 18.3 Å². The molecule has 1 fully saturated rings. The average molecular weight is 255 g/mol. The zero-order valence-corrected chi connectivity index (χ0v) is 11.3. The smallest absolute Gasteiger partial charge is 0.410 e. The molecule has 0 aliphatic carbocycles. The highest BCUT2D eigenvalue weighted by Crippen LogP contribution is 2.16. The van der Waals surface area contributed by atoms with Crippen LogP contribution in [-0.4, -0.2) is 47.0 Å². The van der Waals surface area contributed by atoms with Crippen LogP contribution >= 0.6 is 0 Å². The fourth-order valence-corrected chi connectivity index (χ4v) is 1.59. The molecule has 6 nitrogen and oxygen atoms in total. The molecule has 1 heterocycles. The van der Waals surface area contributed by atoms with Crippen LogP contribution in [-0.2, 0) is 4.74 Å². The molecule has 1 amide bonds. The van der Waals surface area contributed by atoms with Crippen LogP contribution < -0.4 is 5.32 Å². The number of aliphatic hydroxyl groups is 1. The summed E-state index contributed by atoms with van der Waals surface area (Å²) in [5.41, 5.74) is -0.0799. The molecule has 0 saturated carbocycles. The number of carbonyl (C=O) groups is 1. The number of rotatable bonds is 1. The quantitative estimate of drug-likeness (QED) is 0.491. The number of nitrogens with one attached hydrogen (secondary N) is 2. The Morgan fingerprint density at radius 2 is 2.22 bits per heavy atom. The maximum absolute atomic E-state index is 12.0. The van der Waals surface area contributed by atoms with Crippen LogP contribution in [0.1, 0.15) is 27.7 Å². The summed E-state index contributed by atoms with van der Waals surface area (Å²) in [4.78, 5) is 13.5. The van der Waals surface area contributed by atoms with Crippen LogP contribution in [0.5, 0.6) is 0 Å². The van der Waals surface area contributed by atoms with Gasteiger partial charge in [0.15, 0.2) is 5.76 Å². The first-order valence-electron chi connectivity index (χ1n) is 5.90. The van der Waals surface area contributed by atoms with Gasteiger partial charge in [-0.3, -0.25) is 4.90 Å². The van der Waals surface area contributed by atoms with E-state index in [1.54, 1.807) is 0 Å². The molecule has 0 spiro atoms. The number of hydrogen-bond donors (Lipinski definition) is 3. The lowest BCUT2D eigenvalue weighted by atomic mass is 10.1. The second-order valence-corrected chi connectivity index (χ2v) is 5.35. The Morgan fingerprint density at radius 3 is 2.72 bits per heavy atom. The summed E-state index contributed by atoms with van der Waals surface area (Å²) in [6, 6.07) is -0.0258. The number of allylic oxidation sites excluding steroid dienone is 1. The van der Waals surface area contributed by atoms with Gasteiger partial charge in [-0.25, -0.2) is 4.79 Å². The van der Waals surface area contributed by atoms with Crippen molar-refractivity contribution in [1.29, 1.82) is 5.41 Å². The summed E-state index contributed by atoms with van der Waals surface area (Å²) in [5, 5.41) is 19.5. The Labute approximate surface area is 107 Å². The van der Waals surface area contributed by atoms with Gasteiger partial charge in [-0.1, -0.05) is 0 Å². The van der Waals surface area contributed by atoms with Crippen molar-refractivity contribution in [3.05, 3.63) is 11.5 Å². The fraction of sp³-hybridized carbons (Fsp3) is 0.667. The highest BCUT2D eigenvalue weighted by Gasteiger charge is 2.30. The molecule has 3 N–H and O–H groups in total. The Hall–Kier alpha value is -1.72. The fourth-order valence-electron chi connectivity index (χ4n) is 1.59. The molecule has 1 aliphatic heterocycles. The van der Waals surface area contributed by atoms with Crippen LogP contribution in [0.25, 0.3) is 0 Å². The van der Waals surface area contributed by atoms with E-state index in [1.807, 2.05) is 27.7 Å². The predicted octanol–water partition coefficient (Wildman–Crippen LogP) is 1.63. The zero-order chi connectivity index (χ0) is 13.9. The van der Waals surface area contributed by atoms with Crippen molar-refractivity contribution < 1.29 is 14.6 Å². The van der Waals surface area contributed by atoms with Gasteiger partial charge in [-0.05, 0) is 27.7 Å². The summed E-state index contributed by atoms with van der Waals surface area (Å²) in [6.07, 6.45) is 0.442. The number of nitrogens with zero attached hydrogens (tertiary/aromatic N) is 1. The molecule has 18 heavy (non-hydrogen) atoms. The molecule has 0 aromatic rings. The molecule has 0 bridgehead atoms. The number of carbonyl (C=O) groups excluding carboxylic acids is 1. The lowest BCUT2D eigenvalue weighted by molar-refractivity contribution is 0.0166. The molecule has 1 atom stereocenters. The molecular weight excluding hydrogens is 234 g/mol. The van der Waals surface area contributed by atoms with Crippen LogP contribution in [0.2, 0.25) is 0 Å². The van der Waals surface area contributed by atoms with Gasteiger partial charge in [0, 0.05) is 12.6 Å². The number of ether oxygens (including phenoxy) is 1. The van der Waals surface area contributed by atoms with E-state index < -0.39 is 11.7 Å². The maximum Gasteiger partial charge on any atom is 0.410 e. The van der Waals surface area contributed by atoms with E-state index in [0.29, 0.717) is 12.2 Å². The van der Waals surface area contributed by atoms with Crippen LogP contribution in [0.4, 0.5) is 4.79 Å². The van der Waals surface area contributed by atoms with E-state index in [9.17, 15) is 9.90 Å². The molecule has 1 rings (SSSR count). The Morgan fingerprint density at radius 1 is 1.61 bits per heavy atom. The Balaban J connectivity index is 2.80. The first-order chi connectivity index (χ1) is 8.24. The number of amides is 1. The average Bonchev–Trinajstić information content (AvgIpc) is 2.26. The minimum Gasteiger partial charge on any atom is -0.505 e. The number of aliphatic hydroxyl groups excluding tert-OH is 1. The first kappa shape index (κ1) is 14.3. The van der Waals surface area contributed by atoms with Crippen molar-refractivity contribution >= 4 is 12.3 Å². The predicted molar refractivity (Wildman–Crippen MR) is 68.8 cm³/mol. The van der Waals surface area contributed by atoms with Gasteiger partial charge in [0.2, 0.25) is 0 Å². The van der Waals surface area contributed by atoms with Crippen molar-refractivity contribution in [2.75, 3.05) is 13.1 Å². The Kier molecular flexibility index (Phi) is 4.21. The van der Waals surface area contributed by atoms with Crippen LogP contribution in [0.15, 0.2) is 11.5 Å². The molecule has 0 radical (unpaired) electrons. The van der Waals surface area contributed by atoms with Gasteiger partial charge < -0.3 is 20.6 Å². The molecule has 6 heteroatoms. The van der Waals surface area contributed by atoms with Crippen molar-refractivity contribution in [2.45, 2.75) is 39.3 Å². The number of piperazine rings is 1. The van der Waals surface area contributed by atoms with Gasteiger partial charge >= 0.3 is 6.09 Å². The lowest BCUT2D eigenvalue weighted by Gasteiger charge is -2.36. The summed E-state index contributed by atoms with van der Waals surface area (Å²) < 4.78 is 5.31. The summed E-state index contributed by atoms with van der Waals surface area (Å²) in [5.74, 6) is -0.157. The van der Waals surface area contributed by atoms with Crippen LogP contribution in [0, 0.1) is 5.41 Å². The highest BCUT2D eigenvalue weighted by molar-refractivity contribution is 5.74. The van der Waals surface area contributed by atoms with Crippen molar-refractivity contribution in [2.24, 2.45) is 0 Å². The van der Waals surface area contributed by atoms with Crippen molar-refractivity contribution in [1.82, 2.24) is 10.2 Å². The maximum atomic E-state index is 12.0. The van der Waals surface area contributed by atoms with Crippen molar-refractivity contribution in [3.8, 4) is 0 Å². The largest absolute Gasteiger partial charge is 0.505 e. The second-order valence-electron chi connectivity index (χ2n) is 5.35.